The second-order valence-electron chi connectivity index (χ2n) is 3.19. The molecule has 0 radical (unpaired) electrons. The Balaban J connectivity index is 2.69. The Morgan fingerprint density at radius 1 is 1.47 bits per heavy atom. The van der Waals surface area contributed by atoms with Gasteiger partial charge in [0, 0.05) is 10.6 Å². The molecule has 1 aromatic rings. The number of hydrogen-bond donors (Lipinski definition) is 1. The van der Waals surface area contributed by atoms with Gasteiger partial charge in [-0.1, -0.05) is 35.9 Å². The predicted molar refractivity (Wildman–Crippen MR) is 64.4 cm³/mol. The van der Waals surface area contributed by atoms with Crippen molar-refractivity contribution in [3.63, 3.8) is 0 Å². The van der Waals surface area contributed by atoms with E-state index in [2.05, 4.69) is 11.4 Å². The molecule has 0 aliphatic carbocycles. The molecule has 0 aliphatic rings. The average Bonchev–Trinajstić information content (AvgIpc) is 2.26. The molecule has 0 unspecified atom stereocenters. The van der Waals surface area contributed by atoms with Crippen molar-refractivity contribution in [3.8, 4) is 0 Å². The minimum absolute atomic E-state index is 0.604. The molecule has 1 rings (SSSR count). The highest BCUT2D eigenvalue weighted by molar-refractivity contribution is 6.32. The van der Waals surface area contributed by atoms with Gasteiger partial charge in [-0.05, 0) is 31.6 Å². The zero-order valence-electron chi connectivity index (χ0n) is 8.66. The van der Waals surface area contributed by atoms with Crippen LogP contribution in [-0.2, 0) is 0 Å². The van der Waals surface area contributed by atoms with E-state index in [4.69, 9.17) is 11.6 Å². The molecular weight excluding hydrogens is 210 g/mol. The van der Waals surface area contributed by atoms with Crippen molar-refractivity contribution in [1.29, 1.82) is 0 Å². The molecule has 0 bridgehead atoms. The van der Waals surface area contributed by atoms with Gasteiger partial charge in [-0.15, -0.1) is 0 Å². The highest BCUT2D eigenvalue weighted by Crippen LogP contribution is 2.18. The summed E-state index contributed by atoms with van der Waals surface area (Å²) in [5.74, 6) is 0. The van der Waals surface area contributed by atoms with Crippen LogP contribution in [-0.4, -0.2) is 19.9 Å². The third-order valence-corrected chi connectivity index (χ3v) is 2.35. The van der Waals surface area contributed by atoms with Gasteiger partial charge < -0.3 is 5.32 Å². The van der Waals surface area contributed by atoms with Crippen LogP contribution < -0.4 is 5.32 Å². The molecule has 15 heavy (non-hydrogen) atoms. The number of rotatable bonds is 5. The lowest BCUT2D eigenvalue weighted by Crippen LogP contribution is -2.05. The first kappa shape index (κ1) is 12.0. The topological polar surface area (TPSA) is 29.1 Å². The lowest BCUT2D eigenvalue weighted by Gasteiger charge is -1.99. The number of aldehydes is 1. The van der Waals surface area contributed by atoms with Gasteiger partial charge in [-0.3, -0.25) is 4.79 Å². The van der Waals surface area contributed by atoms with Crippen molar-refractivity contribution < 1.29 is 4.79 Å². The molecule has 0 atom stereocenters. The number of nitrogens with one attached hydrogen (secondary N) is 1. The first-order chi connectivity index (χ1) is 7.27. The van der Waals surface area contributed by atoms with E-state index in [0.717, 1.165) is 24.8 Å². The fourth-order valence-electron chi connectivity index (χ4n) is 1.19. The summed E-state index contributed by atoms with van der Waals surface area (Å²) in [4.78, 5) is 10.5. The van der Waals surface area contributed by atoms with Crippen LogP contribution in [0, 0.1) is 0 Å². The first-order valence-electron chi connectivity index (χ1n) is 4.84. The van der Waals surface area contributed by atoms with Crippen LogP contribution in [0.3, 0.4) is 0 Å². The summed E-state index contributed by atoms with van der Waals surface area (Å²) in [5.41, 5.74) is 1.55. The zero-order valence-corrected chi connectivity index (χ0v) is 9.42. The van der Waals surface area contributed by atoms with Gasteiger partial charge in [0.1, 0.15) is 6.29 Å². The molecule has 0 amide bonds. The molecule has 1 N–H and O–H groups in total. The van der Waals surface area contributed by atoms with Crippen LogP contribution in [0.1, 0.15) is 22.3 Å². The van der Waals surface area contributed by atoms with Crippen LogP contribution in [0.5, 0.6) is 0 Å². The molecule has 2 nitrogen and oxygen atoms in total. The fourth-order valence-corrected chi connectivity index (χ4v) is 1.44. The Morgan fingerprint density at radius 3 is 2.87 bits per heavy atom. The Bertz CT molecular complexity index is 361. The predicted octanol–water partition coefficient (Wildman–Crippen LogP) is 2.78. The Morgan fingerprint density at radius 2 is 2.27 bits per heavy atom. The van der Waals surface area contributed by atoms with Gasteiger partial charge in [0.2, 0.25) is 0 Å². The molecule has 3 heteroatoms. The molecule has 0 heterocycles. The summed E-state index contributed by atoms with van der Waals surface area (Å²) in [6.07, 6.45) is 5.77. The van der Waals surface area contributed by atoms with Crippen molar-refractivity contribution in [3.05, 3.63) is 40.4 Å². The minimum atomic E-state index is 0.604. The van der Waals surface area contributed by atoms with Crippen molar-refractivity contribution in [2.24, 2.45) is 0 Å². The van der Waals surface area contributed by atoms with Crippen LogP contribution in [0.15, 0.2) is 24.3 Å². The second-order valence-corrected chi connectivity index (χ2v) is 3.60. The van der Waals surface area contributed by atoms with E-state index in [1.54, 1.807) is 12.1 Å². The third kappa shape index (κ3) is 3.86. The Kier molecular flexibility index (Phi) is 5.08. The van der Waals surface area contributed by atoms with Crippen LogP contribution in [0.4, 0.5) is 0 Å². The van der Waals surface area contributed by atoms with E-state index >= 15 is 0 Å². The van der Waals surface area contributed by atoms with E-state index in [1.807, 2.05) is 19.2 Å². The Hall–Kier alpha value is -1.12. The van der Waals surface area contributed by atoms with Gasteiger partial charge in [0.05, 0.1) is 0 Å². The van der Waals surface area contributed by atoms with Crippen molar-refractivity contribution >= 4 is 24.0 Å². The van der Waals surface area contributed by atoms with Gasteiger partial charge >= 0.3 is 0 Å². The molecule has 0 spiro atoms. The summed E-state index contributed by atoms with van der Waals surface area (Å²) < 4.78 is 0. The van der Waals surface area contributed by atoms with Gasteiger partial charge in [0.25, 0.3) is 0 Å². The number of hydrogen-bond acceptors (Lipinski definition) is 2. The second kappa shape index (κ2) is 6.38. The van der Waals surface area contributed by atoms with Crippen LogP contribution in [0.2, 0.25) is 5.02 Å². The standard InChI is InChI=1S/C12H14ClNO/c1-14-7-3-2-4-11-6-5-10(9-15)8-12(11)13/h2,4-6,8-9,14H,3,7H2,1H3. The maximum Gasteiger partial charge on any atom is 0.150 e. The van der Waals surface area contributed by atoms with Crippen molar-refractivity contribution in [1.82, 2.24) is 5.32 Å². The quantitative estimate of drug-likeness (QED) is 0.615. The largest absolute Gasteiger partial charge is 0.319 e. The summed E-state index contributed by atoms with van der Waals surface area (Å²) in [6.45, 7) is 0.945. The zero-order chi connectivity index (χ0) is 11.1. The SMILES string of the molecule is CNCCC=Cc1ccc(C=O)cc1Cl. The lowest BCUT2D eigenvalue weighted by atomic mass is 10.1. The number of benzene rings is 1. The highest BCUT2D eigenvalue weighted by Gasteiger charge is 1.97. The van der Waals surface area contributed by atoms with E-state index in [-0.39, 0.29) is 0 Å². The maximum atomic E-state index is 10.5. The van der Waals surface area contributed by atoms with Gasteiger partial charge in [0.15, 0.2) is 0 Å². The van der Waals surface area contributed by atoms with E-state index < -0.39 is 0 Å². The van der Waals surface area contributed by atoms with Gasteiger partial charge in [-0.25, -0.2) is 0 Å². The summed E-state index contributed by atoms with van der Waals surface area (Å²) in [5, 5.41) is 3.67. The minimum Gasteiger partial charge on any atom is -0.319 e. The molecule has 0 aliphatic heterocycles. The summed E-state index contributed by atoms with van der Waals surface area (Å²) in [6, 6.07) is 5.28. The molecule has 0 aromatic heterocycles. The molecule has 1 aromatic carbocycles. The van der Waals surface area contributed by atoms with E-state index in [1.165, 1.54) is 0 Å². The first-order valence-corrected chi connectivity index (χ1v) is 5.21. The van der Waals surface area contributed by atoms with E-state index in [9.17, 15) is 4.79 Å². The van der Waals surface area contributed by atoms with Crippen molar-refractivity contribution in [2.45, 2.75) is 6.42 Å². The summed E-state index contributed by atoms with van der Waals surface area (Å²) in [7, 11) is 1.92. The fraction of sp³-hybridized carbons (Fsp3) is 0.250. The Labute approximate surface area is 94.9 Å². The molecule has 0 saturated carbocycles. The number of carbonyl (C=O) groups is 1. The third-order valence-electron chi connectivity index (χ3n) is 2.02. The molecule has 0 saturated heterocycles. The smallest absolute Gasteiger partial charge is 0.150 e. The van der Waals surface area contributed by atoms with E-state index in [0.29, 0.717) is 10.6 Å². The lowest BCUT2D eigenvalue weighted by molar-refractivity contribution is 0.112. The normalized spacial score (nSPS) is 10.8. The number of carbonyl (C=O) groups excluding carboxylic acids is 1. The number of halogens is 1. The maximum absolute atomic E-state index is 10.5. The monoisotopic (exact) mass is 223 g/mol. The van der Waals surface area contributed by atoms with Crippen LogP contribution in [0.25, 0.3) is 6.08 Å². The van der Waals surface area contributed by atoms with Crippen molar-refractivity contribution in [2.75, 3.05) is 13.6 Å². The molecular formula is C12H14ClNO. The van der Waals surface area contributed by atoms with Crippen LogP contribution >= 0.6 is 11.6 Å². The van der Waals surface area contributed by atoms with Gasteiger partial charge in [-0.2, -0.15) is 0 Å². The molecule has 0 fully saturated rings. The molecule has 80 valence electrons. The summed E-state index contributed by atoms with van der Waals surface area (Å²) >= 11 is 6.00. The highest BCUT2D eigenvalue weighted by atomic mass is 35.5. The average molecular weight is 224 g/mol.